The number of H-pyrrole nitrogens is 1. The van der Waals surface area contributed by atoms with Crippen LogP contribution in [0.25, 0.3) is 0 Å². The summed E-state index contributed by atoms with van der Waals surface area (Å²) in [6, 6.07) is 0. The molecule has 3 nitrogen and oxygen atoms in total. The largest absolute Gasteiger partial charge is 0.310 e. The van der Waals surface area contributed by atoms with E-state index in [1.54, 1.807) is 0 Å². The van der Waals surface area contributed by atoms with Crippen molar-refractivity contribution in [3.63, 3.8) is 0 Å². The Bertz CT molecular complexity index is 328. The van der Waals surface area contributed by atoms with E-state index in [-0.39, 0.29) is 5.56 Å². The van der Waals surface area contributed by atoms with Crippen LogP contribution in [0.1, 0.15) is 30.9 Å². The van der Waals surface area contributed by atoms with Gasteiger partial charge in [0.1, 0.15) is 5.82 Å². The van der Waals surface area contributed by atoms with E-state index in [0.717, 1.165) is 29.9 Å². The maximum Gasteiger partial charge on any atom is 0.254 e. The average Bonchev–Trinajstić information content (AvgIpc) is 2.03. The van der Waals surface area contributed by atoms with Crippen LogP contribution in [0.4, 0.5) is 0 Å². The van der Waals surface area contributed by atoms with Gasteiger partial charge in [0, 0.05) is 17.7 Å². The quantitative estimate of drug-likeness (QED) is 0.717. The predicted octanol–water partition coefficient (Wildman–Crippen LogP) is 1.20. The van der Waals surface area contributed by atoms with E-state index in [0.29, 0.717) is 0 Å². The van der Waals surface area contributed by atoms with Crippen molar-refractivity contribution in [2.24, 2.45) is 0 Å². The minimum Gasteiger partial charge on any atom is -0.310 e. The second-order valence-corrected chi connectivity index (χ2v) is 2.78. The lowest BCUT2D eigenvalue weighted by molar-refractivity contribution is 0.863. The molecule has 1 heterocycles. The van der Waals surface area contributed by atoms with Gasteiger partial charge < -0.3 is 4.98 Å². The Morgan fingerprint density at radius 1 is 1.33 bits per heavy atom. The van der Waals surface area contributed by atoms with E-state index in [9.17, 15) is 4.79 Å². The summed E-state index contributed by atoms with van der Waals surface area (Å²) in [7, 11) is 0. The smallest absolute Gasteiger partial charge is 0.254 e. The van der Waals surface area contributed by atoms with E-state index < -0.39 is 0 Å². The Morgan fingerprint density at radius 2 is 2.00 bits per heavy atom. The number of aromatic amines is 1. The number of hydrogen-bond acceptors (Lipinski definition) is 2. The van der Waals surface area contributed by atoms with Crippen molar-refractivity contribution >= 4 is 0 Å². The molecule has 0 spiro atoms. The maximum atomic E-state index is 11.4. The van der Waals surface area contributed by atoms with Crippen molar-refractivity contribution in [1.82, 2.24) is 9.97 Å². The van der Waals surface area contributed by atoms with Gasteiger partial charge in [0.05, 0.1) is 0 Å². The van der Waals surface area contributed by atoms with Gasteiger partial charge in [-0.25, -0.2) is 4.98 Å². The fourth-order valence-corrected chi connectivity index (χ4v) is 1.25. The molecule has 0 aromatic carbocycles. The molecule has 0 fully saturated rings. The van der Waals surface area contributed by atoms with Crippen LogP contribution in [0.3, 0.4) is 0 Å². The molecule has 1 rings (SSSR count). The standard InChI is InChI=1S/C9H14N2O/c1-4-7-6(3)10-8(5-2)11-9(7)12/h4-5H2,1-3H3,(H,10,11,12). The summed E-state index contributed by atoms with van der Waals surface area (Å²) in [5.74, 6) is 0.773. The first-order valence-electron chi connectivity index (χ1n) is 4.27. The summed E-state index contributed by atoms with van der Waals surface area (Å²) in [4.78, 5) is 18.4. The normalized spacial score (nSPS) is 10.2. The number of nitrogens with one attached hydrogen (secondary N) is 1. The molecular weight excluding hydrogens is 152 g/mol. The van der Waals surface area contributed by atoms with E-state index in [4.69, 9.17) is 0 Å². The minimum absolute atomic E-state index is 0.0156. The Kier molecular flexibility index (Phi) is 2.63. The van der Waals surface area contributed by atoms with Crippen molar-refractivity contribution in [3.8, 4) is 0 Å². The van der Waals surface area contributed by atoms with Gasteiger partial charge in [-0.2, -0.15) is 0 Å². The van der Waals surface area contributed by atoms with Gasteiger partial charge in [0.25, 0.3) is 5.56 Å². The van der Waals surface area contributed by atoms with Crippen molar-refractivity contribution in [3.05, 3.63) is 27.4 Å². The summed E-state index contributed by atoms with van der Waals surface area (Å²) < 4.78 is 0. The number of rotatable bonds is 2. The number of hydrogen-bond donors (Lipinski definition) is 1. The fourth-order valence-electron chi connectivity index (χ4n) is 1.25. The highest BCUT2D eigenvalue weighted by molar-refractivity contribution is 5.16. The summed E-state index contributed by atoms with van der Waals surface area (Å²) in [6.45, 7) is 5.82. The van der Waals surface area contributed by atoms with Gasteiger partial charge in [0.2, 0.25) is 0 Å². The van der Waals surface area contributed by atoms with Gasteiger partial charge in [-0.05, 0) is 13.3 Å². The molecule has 0 aliphatic heterocycles. The second kappa shape index (κ2) is 3.52. The molecule has 0 aliphatic rings. The zero-order valence-corrected chi connectivity index (χ0v) is 7.77. The maximum absolute atomic E-state index is 11.4. The Balaban J connectivity index is 3.28. The van der Waals surface area contributed by atoms with Gasteiger partial charge in [-0.3, -0.25) is 4.79 Å². The molecule has 66 valence electrons. The van der Waals surface area contributed by atoms with Crippen molar-refractivity contribution in [1.29, 1.82) is 0 Å². The molecule has 1 aromatic rings. The Morgan fingerprint density at radius 3 is 2.42 bits per heavy atom. The molecule has 0 saturated carbocycles. The molecule has 0 saturated heterocycles. The van der Waals surface area contributed by atoms with Crippen LogP contribution in [0.2, 0.25) is 0 Å². The van der Waals surface area contributed by atoms with Crippen molar-refractivity contribution in [2.45, 2.75) is 33.6 Å². The lowest BCUT2D eigenvalue weighted by Gasteiger charge is -2.02. The highest BCUT2D eigenvalue weighted by Crippen LogP contribution is 1.99. The van der Waals surface area contributed by atoms with Gasteiger partial charge in [0.15, 0.2) is 0 Å². The monoisotopic (exact) mass is 166 g/mol. The first kappa shape index (κ1) is 8.97. The number of aryl methyl sites for hydroxylation is 2. The predicted molar refractivity (Wildman–Crippen MR) is 48.4 cm³/mol. The summed E-state index contributed by atoms with van der Waals surface area (Å²) in [5, 5.41) is 0. The highest BCUT2D eigenvalue weighted by atomic mass is 16.1. The molecule has 1 aromatic heterocycles. The van der Waals surface area contributed by atoms with Crippen LogP contribution >= 0.6 is 0 Å². The summed E-state index contributed by atoms with van der Waals surface area (Å²) >= 11 is 0. The van der Waals surface area contributed by atoms with Gasteiger partial charge in [-0.1, -0.05) is 13.8 Å². The van der Waals surface area contributed by atoms with E-state index in [2.05, 4.69) is 9.97 Å². The number of nitrogens with zero attached hydrogens (tertiary/aromatic N) is 1. The molecule has 12 heavy (non-hydrogen) atoms. The molecule has 3 heteroatoms. The molecule has 1 N–H and O–H groups in total. The van der Waals surface area contributed by atoms with E-state index in [1.807, 2.05) is 20.8 Å². The third-order valence-electron chi connectivity index (χ3n) is 1.96. The van der Waals surface area contributed by atoms with Crippen LogP contribution in [-0.2, 0) is 12.8 Å². The van der Waals surface area contributed by atoms with E-state index in [1.165, 1.54) is 0 Å². The zero-order valence-electron chi connectivity index (χ0n) is 7.77. The third kappa shape index (κ3) is 1.55. The molecule has 0 atom stereocenters. The Hall–Kier alpha value is -1.12. The fraction of sp³-hybridized carbons (Fsp3) is 0.556. The van der Waals surface area contributed by atoms with Crippen LogP contribution in [0.15, 0.2) is 4.79 Å². The first-order chi connectivity index (χ1) is 5.69. The van der Waals surface area contributed by atoms with E-state index >= 15 is 0 Å². The summed E-state index contributed by atoms with van der Waals surface area (Å²) in [5.41, 5.74) is 1.67. The zero-order chi connectivity index (χ0) is 9.14. The molecule has 0 unspecified atom stereocenters. The lowest BCUT2D eigenvalue weighted by atomic mass is 10.2. The van der Waals surface area contributed by atoms with Gasteiger partial charge in [-0.15, -0.1) is 0 Å². The van der Waals surface area contributed by atoms with Crippen molar-refractivity contribution in [2.75, 3.05) is 0 Å². The van der Waals surface area contributed by atoms with Crippen LogP contribution < -0.4 is 5.56 Å². The third-order valence-corrected chi connectivity index (χ3v) is 1.96. The minimum atomic E-state index is 0.0156. The van der Waals surface area contributed by atoms with Crippen molar-refractivity contribution < 1.29 is 0 Å². The van der Waals surface area contributed by atoms with Crippen LogP contribution in [0, 0.1) is 6.92 Å². The van der Waals surface area contributed by atoms with Crippen LogP contribution in [0.5, 0.6) is 0 Å². The first-order valence-corrected chi connectivity index (χ1v) is 4.27. The van der Waals surface area contributed by atoms with Gasteiger partial charge >= 0.3 is 0 Å². The molecule has 0 radical (unpaired) electrons. The number of aromatic nitrogens is 2. The molecule has 0 amide bonds. The average molecular weight is 166 g/mol. The molecule has 0 aliphatic carbocycles. The highest BCUT2D eigenvalue weighted by Gasteiger charge is 2.03. The lowest BCUT2D eigenvalue weighted by Crippen LogP contribution is -2.17. The Labute approximate surface area is 71.9 Å². The molecule has 0 bridgehead atoms. The summed E-state index contributed by atoms with van der Waals surface area (Å²) in [6.07, 6.45) is 1.53. The second-order valence-electron chi connectivity index (χ2n) is 2.78. The SMILES string of the molecule is CCc1nc(C)c(CC)c(=O)[nH]1. The topological polar surface area (TPSA) is 45.8 Å². The molecular formula is C9H14N2O. The van der Waals surface area contributed by atoms with Crippen LogP contribution in [-0.4, -0.2) is 9.97 Å².